The van der Waals surface area contributed by atoms with Crippen LogP contribution < -0.4 is 0 Å². The first kappa shape index (κ1) is 15.6. The number of nitrogens with zero attached hydrogens (tertiary/aromatic N) is 2. The molecule has 0 aromatic carbocycles. The molecule has 0 spiro atoms. The molecule has 1 rings (SSSR count). The second-order valence-corrected chi connectivity index (χ2v) is 4.83. The number of morpholine rings is 1. The molecule has 19 heavy (non-hydrogen) atoms. The molecule has 0 saturated carbocycles. The topological polar surface area (TPSA) is 32.8 Å². The van der Waals surface area contributed by atoms with E-state index in [1.807, 2.05) is 23.6 Å². The number of rotatable bonds is 4. The lowest BCUT2D eigenvalue weighted by atomic mass is 10.2. The molecule has 0 aromatic heterocycles. The van der Waals surface area contributed by atoms with Gasteiger partial charge in [-0.05, 0) is 20.8 Å². The van der Waals surface area contributed by atoms with Gasteiger partial charge in [0.05, 0.1) is 31.8 Å². The molecule has 0 bridgehead atoms. The highest BCUT2D eigenvalue weighted by atomic mass is 16.5. The smallest absolute Gasteiger partial charge is 0.236 e. The molecule has 1 aliphatic rings. The Labute approximate surface area is 116 Å². The molecule has 0 N–H and O–H groups in total. The summed E-state index contributed by atoms with van der Waals surface area (Å²) in [5, 5.41) is 0. The van der Waals surface area contributed by atoms with Gasteiger partial charge < -0.3 is 9.64 Å². The molecule has 0 radical (unpaired) electrons. The lowest BCUT2D eigenvalue weighted by molar-refractivity contribution is -0.144. The van der Waals surface area contributed by atoms with Crippen LogP contribution in [-0.4, -0.2) is 60.6 Å². The first-order chi connectivity index (χ1) is 9.06. The zero-order valence-electron chi connectivity index (χ0n) is 12.0. The van der Waals surface area contributed by atoms with Crippen LogP contribution in [0.15, 0.2) is 0 Å². The quantitative estimate of drug-likeness (QED) is 0.695. The molecule has 4 heteroatoms. The molecule has 104 valence electrons. The second-order valence-electron chi connectivity index (χ2n) is 4.83. The van der Waals surface area contributed by atoms with E-state index in [0.717, 1.165) is 0 Å². The average Bonchev–Trinajstić information content (AvgIpc) is 2.35. The Kier molecular flexibility index (Phi) is 6.42. The summed E-state index contributed by atoms with van der Waals surface area (Å²) >= 11 is 0. The number of hydrogen-bond acceptors (Lipinski definition) is 3. The number of terminal acetylenes is 1. The summed E-state index contributed by atoms with van der Waals surface area (Å²) in [6, 6.07) is 0. The van der Waals surface area contributed by atoms with Gasteiger partial charge in [0.25, 0.3) is 0 Å². The molecule has 0 unspecified atom stereocenters. The van der Waals surface area contributed by atoms with Gasteiger partial charge in [0, 0.05) is 13.1 Å². The summed E-state index contributed by atoms with van der Waals surface area (Å²) < 4.78 is 5.62. The molecule has 1 aliphatic heterocycles. The maximum atomic E-state index is 12.2. The van der Waals surface area contributed by atoms with Gasteiger partial charge in [-0.25, -0.2) is 0 Å². The Morgan fingerprint density at radius 3 is 2.53 bits per heavy atom. The van der Waals surface area contributed by atoms with Crippen molar-refractivity contribution in [3.05, 3.63) is 0 Å². The summed E-state index contributed by atoms with van der Waals surface area (Å²) in [5.74, 6) is 8.42. The molecule has 2 atom stereocenters. The normalized spacial score (nSPS) is 22.6. The molecule has 1 fully saturated rings. The fourth-order valence-corrected chi connectivity index (χ4v) is 2.16. The standard InChI is InChI=1S/C15H22N2O2/c1-5-7-9-16(8-6-2)12-15(18)17-10-13(3)19-14(4)11-17/h2,13-14H,8-12H2,1,3-4H3/t13-,14+. The van der Waals surface area contributed by atoms with Crippen molar-refractivity contribution in [3.8, 4) is 24.2 Å². The van der Waals surface area contributed by atoms with E-state index in [-0.39, 0.29) is 18.1 Å². The Bertz CT molecular complexity index is 393. The van der Waals surface area contributed by atoms with Gasteiger partial charge in [-0.15, -0.1) is 12.3 Å². The number of hydrogen-bond donors (Lipinski definition) is 0. The van der Waals surface area contributed by atoms with Crippen molar-refractivity contribution in [2.75, 3.05) is 32.7 Å². The lowest BCUT2D eigenvalue weighted by Crippen LogP contribution is -2.51. The maximum Gasteiger partial charge on any atom is 0.236 e. The number of carbonyl (C=O) groups excluding carboxylic acids is 1. The summed E-state index contributed by atoms with van der Waals surface area (Å²) in [4.78, 5) is 16.0. The predicted molar refractivity (Wildman–Crippen MR) is 75.3 cm³/mol. The fraction of sp³-hybridized carbons (Fsp3) is 0.667. The van der Waals surface area contributed by atoms with Crippen LogP contribution in [-0.2, 0) is 9.53 Å². The Morgan fingerprint density at radius 2 is 2.00 bits per heavy atom. The van der Waals surface area contributed by atoms with Crippen molar-refractivity contribution < 1.29 is 9.53 Å². The lowest BCUT2D eigenvalue weighted by Gasteiger charge is -2.36. The van der Waals surface area contributed by atoms with E-state index in [4.69, 9.17) is 11.2 Å². The number of ether oxygens (including phenoxy) is 1. The van der Waals surface area contributed by atoms with Crippen molar-refractivity contribution in [2.24, 2.45) is 0 Å². The minimum atomic E-state index is 0.0872. The average molecular weight is 262 g/mol. The van der Waals surface area contributed by atoms with Crippen LogP contribution in [0.2, 0.25) is 0 Å². The van der Waals surface area contributed by atoms with Crippen molar-refractivity contribution in [3.63, 3.8) is 0 Å². The van der Waals surface area contributed by atoms with Gasteiger partial charge in [-0.1, -0.05) is 11.8 Å². The van der Waals surface area contributed by atoms with Crippen molar-refractivity contribution in [1.29, 1.82) is 0 Å². The number of amides is 1. The van der Waals surface area contributed by atoms with Gasteiger partial charge in [0.1, 0.15) is 0 Å². The molecule has 1 saturated heterocycles. The van der Waals surface area contributed by atoms with Gasteiger partial charge in [0.15, 0.2) is 0 Å². The van der Waals surface area contributed by atoms with E-state index >= 15 is 0 Å². The van der Waals surface area contributed by atoms with Crippen LogP contribution in [0.25, 0.3) is 0 Å². The molecule has 1 heterocycles. The van der Waals surface area contributed by atoms with Crippen LogP contribution in [0.1, 0.15) is 20.8 Å². The Balaban J connectivity index is 2.55. The third kappa shape index (κ3) is 5.34. The van der Waals surface area contributed by atoms with Gasteiger partial charge >= 0.3 is 0 Å². The molecule has 0 aliphatic carbocycles. The first-order valence-electron chi connectivity index (χ1n) is 6.55. The van der Waals surface area contributed by atoms with E-state index in [2.05, 4.69) is 17.8 Å². The maximum absolute atomic E-state index is 12.2. The third-order valence-corrected chi connectivity index (χ3v) is 2.93. The summed E-state index contributed by atoms with van der Waals surface area (Å²) in [7, 11) is 0. The molecule has 0 aromatic rings. The second kappa shape index (κ2) is 7.84. The largest absolute Gasteiger partial charge is 0.372 e. The van der Waals surface area contributed by atoms with E-state index in [9.17, 15) is 4.79 Å². The van der Waals surface area contributed by atoms with E-state index < -0.39 is 0 Å². The van der Waals surface area contributed by atoms with Crippen LogP contribution in [0.5, 0.6) is 0 Å². The fourth-order valence-electron chi connectivity index (χ4n) is 2.16. The van der Waals surface area contributed by atoms with Crippen molar-refractivity contribution in [2.45, 2.75) is 33.0 Å². The summed E-state index contributed by atoms with van der Waals surface area (Å²) in [5.41, 5.74) is 0. The van der Waals surface area contributed by atoms with Gasteiger partial charge in [0.2, 0.25) is 5.91 Å². The van der Waals surface area contributed by atoms with Crippen LogP contribution in [0.4, 0.5) is 0 Å². The van der Waals surface area contributed by atoms with Gasteiger partial charge in [-0.3, -0.25) is 9.69 Å². The minimum absolute atomic E-state index is 0.0872. The highest BCUT2D eigenvalue weighted by molar-refractivity contribution is 5.78. The monoisotopic (exact) mass is 262 g/mol. The molecular weight excluding hydrogens is 240 g/mol. The highest BCUT2D eigenvalue weighted by Gasteiger charge is 2.26. The summed E-state index contributed by atoms with van der Waals surface area (Å²) in [6.07, 6.45) is 5.49. The Morgan fingerprint density at radius 1 is 1.37 bits per heavy atom. The van der Waals surface area contributed by atoms with Crippen molar-refractivity contribution >= 4 is 5.91 Å². The van der Waals surface area contributed by atoms with Gasteiger partial charge in [-0.2, -0.15) is 0 Å². The first-order valence-corrected chi connectivity index (χ1v) is 6.55. The van der Waals surface area contributed by atoms with E-state index in [1.54, 1.807) is 6.92 Å². The molecule has 4 nitrogen and oxygen atoms in total. The van der Waals surface area contributed by atoms with Crippen LogP contribution in [0.3, 0.4) is 0 Å². The van der Waals surface area contributed by atoms with Crippen molar-refractivity contribution in [1.82, 2.24) is 9.80 Å². The zero-order chi connectivity index (χ0) is 14.3. The van der Waals surface area contributed by atoms with Crippen LogP contribution >= 0.6 is 0 Å². The molecular formula is C15H22N2O2. The SMILES string of the molecule is C#CCN(CC#CC)CC(=O)N1C[C@@H](C)O[C@@H](C)C1. The summed E-state index contributed by atoms with van der Waals surface area (Å²) in [6.45, 7) is 8.33. The predicted octanol–water partition coefficient (Wildman–Crippen LogP) is 0.581. The Hall–Kier alpha value is -1.49. The van der Waals surface area contributed by atoms with Crippen LogP contribution in [0, 0.1) is 24.2 Å². The zero-order valence-corrected chi connectivity index (χ0v) is 12.0. The molecule has 1 amide bonds. The van der Waals surface area contributed by atoms with E-state index in [0.29, 0.717) is 32.7 Å². The number of carbonyl (C=O) groups is 1. The third-order valence-electron chi connectivity index (χ3n) is 2.93. The minimum Gasteiger partial charge on any atom is -0.372 e. The highest BCUT2D eigenvalue weighted by Crippen LogP contribution is 2.11. The van der Waals surface area contributed by atoms with E-state index in [1.165, 1.54) is 0 Å².